The number of rotatable bonds is 2. The maximum Gasteiger partial charge on any atom is 0.229 e. The standard InChI is InChI=1S/C15H18ClN3OS/c16-10-6-7-12-14(18-8-21-12)13(10)19-15(20)9-4-2-1-3-5-11(9)17/h6-9,11H,1-5,17H2,(H,19,20). The number of fused-ring (bicyclic) bond motifs is 1. The Balaban J connectivity index is 1.85. The van der Waals surface area contributed by atoms with Gasteiger partial charge in [0.05, 0.1) is 26.8 Å². The summed E-state index contributed by atoms with van der Waals surface area (Å²) in [5.41, 5.74) is 9.28. The highest BCUT2D eigenvalue weighted by atomic mass is 35.5. The summed E-state index contributed by atoms with van der Waals surface area (Å²) in [6.07, 6.45) is 5.07. The average molecular weight is 324 g/mol. The molecule has 1 saturated carbocycles. The van der Waals surface area contributed by atoms with Gasteiger partial charge in [-0.1, -0.05) is 30.9 Å². The van der Waals surface area contributed by atoms with Gasteiger partial charge in [0, 0.05) is 6.04 Å². The third-order valence-corrected chi connectivity index (χ3v) is 5.22. The lowest BCUT2D eigenvalue weighted by atomic mass is 9.94. The van der Waals surface area contributed by atoms with Gasteiger partial charge in [-0.05, 0) is 25.0 Å². The molecule has 1 amide bonds. The van der Waals surface area contributed by atoms with Crippen molar-refractivity contribution >= 4 is 44.7 Å². The Morgan fingerprint density at radius 2 is 2.14 bits per heavy atom. The zero-order chi connectivity index (χ0) is 14.8. The zero-order valence-electron chi connectivity index (χ0n) is 11.6. The first-order chi connectivity index (χ1) is 10.2. The third-order valence-electron chi connectivity index (χ3n) is 4.11. The molecule has 3 rings (SSSR count). The van der Waals surface area contributed by atoms with E-state index in [2.05, 4.69) is 10.3 Å². The maximum atomic E-state index is 12.6. The lowest BCUT2D eigenvalue weighted by Crippen LogP contribution is -2.37. The van der Waals surface area contributed by atoms with E-state index in [1.165, 1.54) is 11.3 Å². The van der Waals surface area contributed by atoms with Crippen LogP contribution in [0.5, 0.6) is 0 Å². The Hall–Kier alpha value is -1.17. The van der Waals surface area contributed by atoms with E-state index in [1.54, 1.807) is 11.6 Å². The van der Waals surface area contributed by atoms with Gasteiger partial charge in [0.15, 0.2) is 0 Å². The van der Waals surface area contributed by atoms with E-state index in [9.17, 15) is 4.79 Å². The molecule has 1 fully saturated rings. The fourth-order valence-electron chi connectivity index (χ4n) is 2.90. The van der Waals surface area contributed by atoms with Crippen molar-refractivity contribution in [3.8, 4) is 0 Å². The van der Waals surface area contributed by atoms with E-state index in [-0.39, 0.29) is 17.9 Å². The molecule has 112 valence electrons. The van der Waals surface area contributed by atoms with Crippen molar-refractivity contribution in [3.05, 3.63) is 22.7 Å². The van der Waals surface area contributed by atoms with Crippen LogP contribution in [0.3, 0.4) is 0 Å². The number of nitrogens with one attached hydrogen (secondary N) is 1. The quantitative estimate of drug-likeness (QED) is 0.826. The van der Waals surface area contributed by atoms with E-state index in [1.807, 2.05) is 6.07 Å². The van der Waals surface area contributed by atoms with Gasteiger partial charge in [-0.2, -0.15) is 0 Å². The minimum absolute atomic E-state index is 0.0354. The Morgan fingerprint density at radius 3 is 3.00 bits per heavy atom. The molecule has 1 aromatic heterocycles. The fraction of sp³-hybridized carbons (Fsp3) is 0.467. The molecule has 0 spiro atoms. The molecule has 6 heteroatoms. The monoisotopic (exact) mass is 323 g/mol. The van der Waals surface area contributed by atoms with Crippen molar-refractivity contribution < 1.29 is 4.79 Å². The number of hydrogen-bond acceptors (Lipinski definition) is 4. The summed E-state index contributed by atoms with van der Waals surface area (Å²) in [7, 11) is 0. The number of thiazole rings is 1. The van der Waals surface area contributed by atoms with Crippen LogP contribution in [0.25, 0.3) is 10.2 Å². The summed E-state index contributed by atoms with van der Waals surface area (Å²) in [5, 5.41) is 3.48. The molecule has 1 heterocycles. The molecule has 0 bridgehead atoms. The molecule has 1 aliphatic carbocycles. The van der Waals surface area contributed by atoms with Crippen molar-refractivity contribution in [2.45, 2.75) is 38.1 Å². The predicted molar refractivity (Wildman–Crippen MR) is 87.8 cm³/mol. The number of carbonyl (C=O) groups is 1. The largest absolute Gasteiger partial charge is 0.327 e. The van der Waals surface area contributed by atoms with Crippen LogP contribution < -0.4 is 11.1 Å². The molecular formula is C15H18ClN3OS. The Morgan fingerprint density at radius 1 is 1.33 bits per heavy atom. The van der Waals surface area contributed by atoms with Crippen LogP contribution in [-0.4, -0.2) is 16.9 Å². The first-order valence-corrected chi connectivity index (χ1v) is 8.50. The number of nitrogens with two attached hydrogens (primary N) is 1. The third kappa shape index (κ3) is 3.05. The topological polar surface area (TPSA) is 68.0 Å². The van der Waals surface area contributed by atoms with Crippen LogP contribution in [-0.2, 0) is 4.79 Å². The predicted octanol–water partition coefficient (Wildman–Crippen LogP) is 3.80. The van der Waals surface area contributed by atoms with E-state index in [4.69, 9.17) is 17.3 Å². The van der Waals surface area contributed by atoms with Crippen LogP contribution in [0.4, 0.5) is 5.69 Å². The summed E-state index contributed by atoms with van der Waals surface area (Å²) >= 11 is 7.76. The van der Waals surface area contributed by atoms with Gasteiger partial charge in [0.2, 0.25) is 5.91 Å². The molecule has 1 aromatic carbocycles. The molecule has 4 nitrogen and oxygen atoms in total. The number of hydrogen-bond donors (Lipinski definition) is 2. The number of anilines is 1. The summed E-state index contributed by atoms with van der Waals surface area (Å²) in [4.78, 5) is 16.9. The minimum Gasteiger partial charge on any atom is -0.327 e. The molecule has 21 heavy (non-hydrogen) atoms. The van der Waals surface area contributed by atoms with Gasteiger partial charge in [-0.15, -0.1) is 11.3 Å². The molecule has 0 aliphatic heterocycles. The maximum absolute atomic E-state index is 12.6. The van der Waals surface area contributed by atoms with Crippen LogP contribution in [0.15, 0.2) is 17.6 Å². The molecule has 0 saturated heterocycles. The van der Waals surface area contributed by atoms with Crippen molar-refractivity contribution in [2.75, 3.05) is 5.32 Å². The van der Waals surface area contributed by atoms with E-state index < -0.39 is 0 Å². The second-order valence-electron chi connectivity index (χ2n) is 5.52. The lowest BCUT2D eigenvalue weighted by molar-refractivity contribution is -0.120. The highest BCUT2D eigenvalue weighted by Crippen LogP contribution is 2.33. The van der Waals surface area contributed by atoms with Crippen LogP contribution in [0.1, 0.15) is 32.1 Å². The lowest BCUT2D eigenvalue weighted by Gasteiger charge is -2.21. The number of amides is 1. The zero-order valence-corrected chi connectivity index (χ0v) is 13.2. The van der Waals surface area contributed by atoms with E-state index >= 15 is 0 Å². The average Bonchev–Trinajstić information content (AvgIpc) is 2.84. The van der Waals surface area contributed by atoms with Crippen LogP contribution in [0, 0.1) is 5.92 Å². The second kappa shape index (κ2) is 6.30. The molecule has 2 unspecified atom stereocenters. The number of halogens is 1. The number of benzene rings is 1. The molecule has 1 aliphatic rings. The number of aromatic nitrogens is 1. The van der Waals surface area contributed by atoms with Gasteiger partial charge in [0.25, 0.3) is 0 Å². The number of nitrogens with zero attached hydrogens (tertiary/aromatic N) is 1. The minimum atomic E-state index is -0.141. The van der Waals surface area contributed by atoms with Gasteiger partial charge < -0.3 is 11.1 Å². The van der Waals surface area contributed by atoms with Gasteiger partial charge >= 0.3 is 0 Å². The first kappa shape index (κ1) is 14.8. The molecule has 2 atom stereocenters. The Labute approximate surface area is 132 Å². The summed E-state index contributed by atoms with van der Waals surface area (Å²) in [6.45, 7) is 0. The molecule has 2 aromatic rings. The van der Waals surface area contributed by atoms with Crippen molar-refractivity contribution in [1.82, 2.24) is 4.98 Å². The SMILES string of the molecule is NC1CCCCCC1C(=O)Nc1c(Cl)ccc2scnc12. The number of carbonyl (C=O) groups excluding carboxylic acids is 1. The highest BCUT2D eigenvalue weighted by molar-refractivity contribution is 7.16. The normalized spacial score (nSPS) is 23.0. The van der Waals surface area contributed by atoms with Crippen LogP contribution >= 0.6 is 22.9 Å². The molecule has 3 N–H and O–H groups in total. The smallest absolute Gasteiger partial charge is 0.229 e. The van der Waals surface area contributed by atoms with E-state index in [0.29, 0.717) is 10.7 Å². The highest BCUT2D eigenvalue weighted by Gasteiger charge is 2.28. The van der Waals surface area contributed by atoms with Crippen molar-refractivity contribution in [3.63, 3.8) is 0 Å². The second-order valence-corrected chi connectivity index (χ2v) is 6.81. The fourth-order valence-corrected chi connectivity index (χ4v) is 3.79. The van der Waals surface area contributed by atoms with Crippen molar-refractivity contribution in [1.29, 1.82) is 0 Å². The Kier molecular flexibility index (Phi) is 4.42. The first-order valence-electron chi connectivity index (χ1n) is 7.25. The summed E-state index contributed by atoms with van der Waals surface area (Å²) in [5.74, 6) is -0.177. The van der Waals surface area contributed by atoms with E-state index in [0.717, 1.165) is 42.3 Å². The van der Waals surface area contributed by atoms with Crippen molar-refractivity contribution in [2.24, 2.45) is 11.7 Å². The molecular weight excluding hydrogens is 306 g/mol. The van der Waals surface area contributed by atoms with Gasteiger partial charge in [0.1, 0.15) is 5.52 Å². The van der Waals surface area contributed by atoms with Gasteiger partial charge in [-0.25, -0.2) is 4.98 Å². The summed E-state index contributed by atoms with van der Waals surface area (Å²) in [6, 6.07) is 3.65. The van der Waals surface area contributed by atoms with Gasteiger partial charge in [-0.3, -0.25) is 4.79 Å². The molecule has 0 radical (unpaired) electrons. The Bertz CT molecular complexity index is 657. The summed E-state index contributed by atoms with van der Waals surface area (Å²) < 4.78 is 1.01. The van der Waals surface area contributed by atoms with Crippen LogP contribution in [0.2, 0.25) is 5.02 Å².